The SMILES string of the molecule is CCCCCCCCCCCCCCc1ccsc1-c1nc2sc(-c3sc(-c4cc5c(s4)-c4sccc4[Si]5(CC(CC)CCCC)CC(CC)CCCC)cc3CCCCCCCCCCCCCC)nc2s1. The molecule has 7 rings (SSSR count). The highest BCUT2D eigenvalue weighted by Crippen LogP contribution is 2.50. The van der Waals surface area contributed by atoms with Gasteiger partial charge in [-0.3, -0.25) is 0 Å². The number of thiophene rings is 4. The van der Waals surface area contributed by atoms with Crippen LogP contribution in [0.1, 0.15) is 258 Å². The van der Waals surface area contributed by atoms with Crippen molar-refractivity contribution < 1.29 is 0 Å². The number of hydrogen-bond acceptors (Lipinski definition) is 8. The van der Waals surface area contributed by atoms with E-state index in [0.717, 1.165) is 27.9 Å². The van der Waals surface area contributed by atoms with Crippen LogP contribution in [0.4, 0.5) is 0 Å². The minimum atomic E-state index is -1.98. The Kier molecular flexibility index (Phi) is 26.3. The molecule has 0 aromatic carbocycles. The summed E-state index contributed by atoms with van der Waals surface area (Å²) >= 11 is 11.8. The lowest BCUT2D eigenvalue weighted by molar-refractivity contribution is 0.469. The molecule has 404 valence electrons. The molecule has 0 saturated heterocycles. The zero-order valence-corrected chi connectivity index (χ0v) is 52.8. The maximum Gasteiger partial charge on any atom is 0.155 e. The van der Waals surface area contributed by atoms with Gasteiger partial charge in [-0.2, -0.15) is 0 Å². The molecule has 7 heterocycles. The number of rotatable bonds is 41. The summed E-state index contributed by atoms with van der Waals surface area (Å²) in [5.74, 6) is 1.65. The molecule has 0 radical (unpaired) electrons. The standard InChI is InChI=1S/C64H98N2S6Si/c1-7-13-17-19-21-23-25-27-29-31-33-35-39-51-41-43-67-57(51)61-65-63-64(71-61)66-62(72-63)58-52(40-36-34-32-30-28-26-24-22-20-18-14-8-2)45-53(69-58)54-46-56-60(70-54)59-55(42-44-68-59)73(56,47-49(11-5)37-15-9-3)48-50(12-6)38-16-10-4/h41-46,49-50H,7-40,47-48H2,1-6H3. The molecule has 6 aromatic rings. The lowest BCUT2D eigenvalue weighted by atomic mass is 10.0. The molecule has 0 amide bonds. The van der Waals surface area contributed by atoms with Crippen LogP contribution in [-0.4, -0.2) is 18.0 Å². The Bertz CT molecular complexity index is 2370. The third-order valence-corrected chi connectivity index (χ3v) is 29.4. The van der Waals surface area contributed by atoms with Crippen LogP contribution in [-0.2, 0) is 12.8 Å². The molecule has 9 heteroatoms. The van der Waals surface area contributed by atoms with Gasteiger partial charge in [-0.05, 0) is 100 Å². The summed E-state index contributed by atoms with van der Waals surface area (Å²) in [6.45, 7) is 14.4. The molecule has 6 aromatic heterocycles. The van der Waals surface area contributed by atoms with Crippen molar-refractivity contribution in [3.8, 4) is 39.3 Å². The molecular formula is C64H98N2S6Si. The van der Waals surface area contributed by atoms with Crippen LogP contribution in [0, 0.1) is 11.8 Å². The lowest BCUT2D eigenvalue weighted by Crippen LogP contribution is -2.56. The van der Waals surface area contributed by atoms with Gasteiger partial charge in [0, 0.05) is 19.5 Å². The van der Waals surface area contributed by atoms with Crippen molar-refractivity contribution in [1.29, 1.82) is 0 Å². The van der Waals surface area contributed by atoms with Gasteiger partial charge in [0.25, 0.3) is 0 Å². The Hall–Kier alpha value is -1.46. The monoisotopic (exact) mass is 1110 g/mol. The number of nitrogens with zero attached hydrogens (tertiary/aromatic N) is 2. The number of unbranched alkanes of at least 4 members (excludes halogenated alkanes) is 24. The minimum absolute atomic E-state index is 0.825. The Morgan fingerprint density at radius 3 is 1.33 bits per heavy atom. The average Bonchev–Trinajstić information content (AvgIpc) is 4.28. The van der Waals surface area contributed by atoms with Crippen LogP contribution in [0.5, 0.6) is 0 Å². The largest absolute Gasteiger partial charge is 0.222 e. The molecule has 1 aliphatic rings. The molecule has 1 aliphatic heterocycles. The van der Waals surface area contributed by atoms with Crippen LogP contribution in [0.25, 0.3) is 48.9 Å². The molecule has 0 N–H and O–H groups in total. The fourth-order valence-corrected chi connectivity index (χ4v) is 26.9. The van der Waals surface area contributed by atoms with E-state index >= 15 is 0 Å². The molecule has 2 atom stereocenters. The van der Waals surface area contributed by atoms with Gasteiger partial charge in [-0.25, -0.2) is 9.97 Å². The lowest BCUT2D eigenvalue weighted by Gasteiger charge is -2.35. The molecule has 0 saturated carbocycles. The predicted octanol–water partition coefficient (Wildman–Crippen LogP) is 23.5. The topological polar surface area (TPSA) is 25.8 Å². The van der Waals surface area contributed by atoms with E-state index < -0.39 is 8.07 Å². The maximum atomic E-state index is 5.49. The summed E-state index contributed by atoms with van der Waals surface area (Å²) in [4.78, 5) is 22.2. The first-order chi connectivity index (χ1) is 36.0. The Balaban J connectivity index is 1.08. The first-order valence-electron chi connectivity index (χ1n) is 30.7. The summed E-state index contributed by atoms with van der Waals surface area (Å²) in [5, 5.41) is 10.8. The molecule has 73 heavy (non-hydrogen) atoms. The van der Waals surface area contributed by atoms with Crippen molar-refractivity contribution >= 4 is 96.1 Å². The summed E-state index contributed by atoms with van der Waals surface area (Å²) in [5.41, 5.74) is 3.02. The second-order valence-electron chi connectivity index (χ2n) is 22.5. The van der Waals surface area contributed by atoms with Gasteiger partial charge in [0.2, 0.25) is 0 Å². The third-order valence-electron chi connectivity index (χ3n) is 16.8. The zero-order valence-electron chi connectivity index (χ0n) is 46.9. The first kappa shape index (κ1) is 59.2. The summed E-state index contributed by atoms with van der Waals surface area (Å²) < 4.78 is 0. The number of aryl methyl sites for hydroxylation is 2. The van der Waals surface area contributed by atoms with Gasteiger partial charge in [-0.15, -0.1) is 45.3 Å². The van der Waals surface area contributed by atoms with E-state index in [1.807, 2.05) is 55.7 Å². The van der Waals surface area contributed by atoms with E-state index in [9.17, 15) is 0 Å². The van der Waals surface area contributed by atoms with Crippen LogP contribution < -0.4 is 10.4 Å². The van der Waals surface area contributed by atoms with Crippen LogP contribution in [0.15, 0.2) is 35.0 Å². The van der Waals surface area contributed by atoms with Crippen molar-refractivity contribution in [3.05, 3.63) is 46.2 Å². The van der Waals surface area contributed by atoms with E-state index in [4.69, 9.17) is 9.97 Å². The van der Waals surface area contributed by atoms with E-state index in [0.29, 0.717) is 0 Å². The smallest absolute Gasteiger partial charge is 0.155 e. The molecule has 0 fully saturated rings. The molecule has 0 bridgehead atoms. The van der Waals surface area contributed by atoms with Crippen molar-refractivity contribution in [3.63, 3.8) is 0 Å². The quantitative estimate of drug-likeness (QED) is 0.0282. The average molecular weight is 1120 g/mol. The fraction of sp³-hybridized carbons (Fsp3) is 0.688. The highest BCUT2D eigenvalue weighted by molar-refractivity contribution is 7.34. The first-order valence-corrected chi connectivity index (χ1v) is 38.1. The number of hydrogen-bond donors (Lipinski definition) is 0. The van der Waals surface area contributed by atoms with Gasteiger partial charge in [0.05, 0.1) is 9.75 Å². The van der Waals surface area contributed by atoms with Crippen molar-refractivity contribution in [2.75, 3.05) is 0 Å². The van der Waals surface area contributed by atoms with Gasteiger partial charge in [-0.1, -0.05) is 263 Å². The second-order valence-corrected chi connectivity index (χ2v) is 32.5. The second kappa shape index (κ2) is 32.4. The summed E-state index contributed by atoms with van der Waals surface area (Å²) in [6.07, 6.45) is 46.5. The minimum Gasteiger partial charge on any atom is -0.222 e. The van der Waals surface area contributed by atoms with Crippen LogP contribution in [0.2, 0.25) is 12.1 Å². The fourth-order valence-electron chi connectivity index (χ4n) is 12.2. The molecule has 2 unspecified atom stereocenters. The Morgan fingerprint density at radius 1 is 0.397 bits per heavy atom. The predicted molar refractivity (Wildman–Crippen MR) is 339 cm³/mol. The highest BCUT2D eigenvalue weighted by atomic mass is 32.1. The van der Waals surface area contributed by atoms with E-state index in [2.05, 4.69) is 99.2 Å². The van der Waals surface area contributed by atoms with Crippen molar-refractivity contribution in [2.45, 2.75) is 272 Å². The number of fused-ring (bicyclic) bond motifs is 4. The van der Waals surface area contributed by atoms with Gasteiger partial charge >= 0.3 is 0 Å². The highest BCUT2D eigenvalue weighted by Gasteiger charge is 2.49. The summed E-state index contributed by atoms with van der Waals surface area (Å²) in [6, 6.07) is 13.3. The van der Waals surface area contributed by atoms with E-state index in [-0.39, 0.29) is 0 Å². The molecule has 0 aliphatic carbocycles. The Labute approximate surface area is 471 Å². The van der Waals surface area contributed by atoms with Crippen molar-refractivity contribution in [2.24, 2.45) is 11.8 Å². The van der Waals surface area contributed by atoms with Gasteiger partial charge < -0.3 is 0 Å². The van der Waals surface area contributed by atoms with Crippen molar-refractivity contribution in [1.82, 2.24) is 9.97 Å². The normalized spacial score (nSPS) is 15.3. The maximum absolute atomic E-state index is 5.49. The van der Waals surface area contributed by atoms with Gasteiger partial charge in [0.1, 0.15) is 18.1 Å². The van der Waals surface area contributed by atoms with Gasteiger partial charge in [0.15, 0.2) is 9.66 Å². The van der Waals surface area contributed by atoms with Crippen LogP contribution in [0.3, 0.4) is 0 Å². The Morgan fingerprint density at radius 2 is 0.822 bits per heavy atom. The van der Waals surface area contributed by atoms with E-state index in [1.165, 1.54) is 265 Å². The third kappa shape index (κ3) is 16.8. The van der Waals surface area contributed by atoms with Crippen LogP contribution >= 0.6 is 68.0 Å². The zero-order chi connectivity index (χ0) is 51.1. The number of thiazole rings is 2. The molecule has 0 spiro atoms. The van der Waals surface area contributed by atoms with E-state index in [1.54, 1.807) is 9.75 Å². The molecular weight excluding hydrogens is 1020 g/mol. The summed E-state index contributed by atoms with van der Waals surface area (Å²) in [7, 11) is -1.98. The number of aromatic nitrogens is 2. The molecule has 2 nitrogen and oxygen atoms in total.